The van der Waals surface area contributed by atoms with E-state index in [9.17, 15) is 17.2 Å². The summed E-state index contributed by atoms with van der Waals surface area (Å²) in [6.45, 7) is 0. The van der Waals surface area contributed by atoms with Gasteiger partial charge in [0.25, 0.3) is 10.1 Å². The first kappa shape index (κ1) is 13.0. The predicted octanol–water partition coefficient (Wildman–Crippen LogP) is 0.722. The molecule has 0 radical (unpaired) electrons. The van der Waals surface area contributed by atoms with E-state index in [2.05, 4.69) is 0 Å². The lowest BCUT2D eigenvalue weighted by molar-refractivity contribution is 0.476. The zero-order chi connectivity index (χ0) is 12.3. The van der Waals surface area contributed by atoms with E-state index in [0.29, 0.717) is 5.56 Å². The number of halogens is 2. The molecule has 0 saturated heterocycles. The molecule has 0 bridgehead atoms. The van der Waals surface area contributed by atoms with Gasteiger partial charge in [-0.25, -0.2) is 8.78 Å². The van der Waals surface area contributed by atoms with E-state index in [1.807, 2.05) is 0 Å². The maximum absolute atomic E-state index is 12.8. The van der Waals surface area contributed by atoms with Crippen molar-refractivity contribution in [1.29, 1.82) is 0 Å². The molecule has 1 aromatic rings. The molecular formula is C9H11F2NO3S. The first-order valence-electron chi connectivity index (χ1n) is 4.42. The third kappa shape index (κ3) is 4.21. The number of hydrogen-bond donors (Lipinski definition) is 2. The largest absolute Gasteiger partial charge is 0.326 e. The Morgan fingerprint density at radius 2 is 1.94 bits per heavy atom. The van der Waals surface area contributed by atoms with Crippen LogP contribution in [0.15, 0.2) is 18.2 Å². The maximum Gasteiger partial charge on any atom is 0.266 e. The van der Waals surface area contributed by atoms with Crippen molar-refractivity contribution in [3.63, 3.8) is 0 Å². The minimum absolute atomic E-state index is 0.0387. The monoisotopic (exact) mass is 251 g/mol. The molecule has 4 nitrogen and oxygen atoms in total. The van der Waals surface area contributed by atoms with Crippen LogP contribution >= 0.6 is 0 Å². The second kappa shape index (κ2) is 4.86. The van der Waals surface area contributed by atoms with E-state index in [-0.39, 0.29) is 6.42 Å². The van der Waals surface area contributed by atoms with E-state index < -0.39 is 33.5 Å². The molecular weight excluding hydrogens is 240 g/mol. The van der Waals surface area contributed by atoms with Crippen LogP contribution in [0.4, 0.5) is 8.78 Å². The highest BCUT2D eigenvalue weighted by Gasteiger charge is 2.14. The molecule has 16 heavy (non-hydrogen) atoms. The van der Waals surface area contributed by atoms with Gasteiger partial charge in [-0.1, -0.05) is 6.07 Å². The van der Waals surface area contributed by atoms with Gasteiger partial charge < -0.3 is 5.73 Å². The van der Waals surface area contributed by atoms with Crippen molar-refractivity contribution in [3.05, 3.63) is 35.4 Å². The summed E-state index contributed by atoms with van der Waals surface area (Å²) in [7, 11) is -4.15. The maximum atomic E-state index is 12.8. The van der Waals surface area contributed by atoms with Crippen molar-refractivity contribution < 1.29 is 21.8 Å². The number of rotatable bonds is 4. The Morgan fingerprint density at radius 1 is 1.31 bits per heavy atom. The summed E-state index contributed by atoms with van der Waals surface area (Å²) < 4.78 is 54.9. The molecule has 0 unspecified atom stereocenters. The molecule has 1 atom stereocenters. The molecule has 0 heterocycles. The lowest BCUT2D eigenvalue weighted by Gasteiger charge is -2.09. The standard InChI is InChI=1S/C9H11F2NO3S/c10-8-2-1-6(4-9(8)11)3-7(12)5-16(13,14)15/h1-2,4,7H,3,5,12H2,(H,13,14,15)/t7-/m1/s1. The lowest BCUT2D eigenvalue weighted by Crippen LogP contribution is -2.31. The van der Waals surface area contributed by atoms with Crippen LogP contribution in [0.2, 0.25) is 0 Å². The Kier molecular flexibility index (Phi) is 3.95. The topological polar surface area (TPSA) is 80.4 Å². The summed E-state index contributed by atoms with van der Waals surface area (Å²) in [4.78, 5) is 0. The molecule has 0 aliphatic rings. The summed E-state index contributed by atoms with van der Waals surface area (Å²) in [5.41, 5.74) is 5.80. The van der Waals surface area contributed by atoms with Gasteiger partial charge in [-0.15, -0.1) is 0 Å². The molecule has 1 aromatic carbocycles. The van der Waals surface area contributed by atoms with Crippen molar-refractivity contribution >= 4 is 10.1 Å². The molecule has 90 valence electrons. The van der Waals surface area contributed by atoms with Crippen molar-refractivity contribution in [2.24, 2.45) is 5.73 Å². The van der Waals surface area contributed by atoms with Gasteiger partial charge in [0, 0.05) is 6.04 Å². The van der Waals surface area contributed by atoms with Crippen molar-refractivity contribution in [2.45, 2.75) is 12.5 Å². The normalized spacial score (nSPS) is 13.8. The van der Waals surface area contributed by atoms with Crippen molar-refractivity contribution in [3.8, 4) is 0 Å². The SMILES string of the molecule is N[C@H](Cc1ccc(F)c(F)c1)CS(=O)(=O)O. The fourth-order valence-corrected chi connectivity index (χ4v) is 1.96. The number of benzene rings is 1. The minimum atomic E-state index is -4.15. The molecule has 3 N–H and O–H groups in total. The van der Waals surface area contributed by atoms with Gasteiger partial charge in [-0.3, -0.25) is 4.55 Å². The van der Waals surface area contributed by atoms with Crippen LogP contribution in [-0.2, 0) is 16.5 Å². The molecule has 0 fully saturated rings. The smallest absolute Gasteiger partial charge is 0.266 e. The Morgan fingerprint density at radius 3 is 2.44 bits per heavy atom. The second-order valence-corrected chi connectivity index (χ2v) is 4.96. The summed E-state index contributed by atoms with van der Waals surface area (Å²) in [5, 5.41) is 0. The fourth-order valence-electron chi connectivity index (χ4n) is 1.30. The first-order valence-corrected chi connectivity index (χ1v) is 6.03. The Bertz CT molecular complexity index is 476. The highest BCUT2D eigenvalue weighted by Crippen LogP contribution is 2.10. The van der Waals surface area contributed by atoms with E-state index >= 15 is 0 Å². The van der Waals surface area contributed by atoms with Gasteiger partial charge in [0.1, 0.15) is 0 Å². The van der Waals surface area contributed by atoms with Gasteiger partial charge in [0.05, 0.1) is 5.75 Å². The third-order valence-corrected chi connectivity index (χ3v) is 2.76. The second-order valence-electron chi connectivity index (χ2n) is 3.46. The quantitative estimate of drug-likeness (QED) is 0.773. The molecule has 0 spiro atoms. The van der Waals surface area contributed by atoms with Crippen molar-refractivity contribution in [2.75, 3.05) is 5.75 Å². The highest BCUT2D eigenvalue weighted by atomic mass is 32.2. The molecule has 0 aliphatic heterocycles. The highest BCUT2D eigenvalue weighted by molar-refractivity contribution is 7.85. The molecule has 0 aliphatic carbocycles. The van der Waals surface area contributed by atoms with Gasteiger partial charge in [0.2, 0.25) is 0 Å². The van der Waals surface area contributed by atoms with Crippen LogP contribution in [0.5, 0.6) is 0 Å². The van der Waals surface area contributed by atoms with E-state index in [4.69, 9.17) is 10.3 Å². The lowest BCUT2D eigenvalue weighted by atomic mass is 10.1. The minimum Gasteiger partial charge on any atom is -0.326 e. The number of nitrogens with two attached hydrogens (primary N) is 1. The van der Waals surface area contributed by atoms with Gasteiger partial charge in [0.15, 0.2) is 11.6 Å². The molecule has 0 saturated carbocycles. The Hall–Kier alpha value is -1.05. The third-order valence-electron chi connectivity index (χ3n) is 1.91. The Balaban J connectivity index is 2.70. The van der Waals surface area contributed by atoms with E-state index in [0.717, 1.165) is 12.1 Å². The molecule has 1 rings (SSSR count). The zero-order valence-electron chi connectivity index (χ0n) is 8.23. The van der Waals surface area contributed by atoms with Crippen LogP contribution in [0.1, 0.15) is 5.56 Å². The van der Waals surface area contributed by atoms with Crippen molar-refractivity contribution in [1.82, 2.24) is 0 Å². The number of hydrogen-bond acceptors (Lipinski definition) is 3. The van der Waals surface area contributed by atoms with Crippen LogP contribution in [0, 0.1) is 11.6 Å². The molecule has 0 amide bonds. The van der Waals surface area contributed by atoms with Crippen LogP contribution < -0.4 is 5.73 Å². The summed E-state index contributed by atoms with van der Waals surface area (Å²) in [6.07, 6.45) is 0.0387. The van der Waals surface area contributed by atoms with Gasteiger partial charge in [-0.05, 0) is 24.1 Å². The van der Waals surface area contributed by atoms with Gasteiger partial charge >= 0.3 is 0 Å². The van der Waals surface area contributed by atoms with E-state index in [1.165, 1.54) is 6.07 Å². The van der Waals surface area contributed by atoms with Crippen LogP contribution in [0.3, 0.4) is 0 Å². The first-order chi connectivity index (χ1) is 7.28. The molecule has 0 aromatic heterocycles. The average molecular weight is 251 g/mol. The van der Waals surface area contributed by atoms with Gasteiger partial charge in [-0.2, -0.15) is 8.42 Å². The Labute approximate surface area is 91.8 Å². The average Bonchev–Trinajstić information content (AvgIpc) is 2.08. The zero-order valence-corrected chi connectivity index (χ0v) is 9.05. The summed E-state index contributed by atoms with van der Waals surface area (Å²) in [5.74, 6) is -2.62. The van der Waals surface area contributed by atoms with Crippen LogP contribution in [0.25, 0.3) is 0 Å². The summed E-state index contributed by atoms with van der Waals surface area (Å²) in [6, 6.07) is 2.33. The molecule has 7 heteroatoms. The summed E-state index contributed by atoms with van der Waals surface area (Å²) >= 11 is 0. The fraction of sp³-hybridized carbons (Fsp3) is 0.333. The predicted molar refractivity (Wildman–Crippen MR) is 54.5 cm³/mol. The van der Waals surface area contributed by atoms with E-state index in [1.54, 1.807) is 0 Å². The van der Waals surface area contributed by atoms with Crippen LogP contribution in [-0.4, -0.2) is 24.8 Å².